The van der Waals surface area contributed by atoms with Crippen molar-refractivity contribution in [2.45, 2.75) is 19.7 Å². The van der Waals surface area contributed by atoms with Gasteiger partial charge in [-0.2, -0.15) is 0 Å². The lowest BCUT2D eigenvalue weighted by Gasteiger charge is -2.13. The van der Waals surface area contributed by atoms with Gasteiger partial charge in [-0.3, -0.25) is 0 Å². The summed E-state index contributed by atoms with van der Waals surface area (Å²) in [5.74, 6) is 1.44. The molecule has 0 fully saturated rings. The molecule has 2 aromatic carbocycles. The Bertz CT molecular complexity index is 773. The first-order valence-electron chi connectivity index (χ1n) is 7.59. The molecule has 1 aromatic heterocycles. The smallest absolute Gasteiger partial charge is 0.124 e. The van der Waals surface area contributed by atoms with Crippen molar-refractivity contribution in [1.29, 1.82) is 0 Å². The second kappa shape index (κ2) is 8.13. The molecule has 0 aliphatic carbocycles. The Labute approximate surface area is 148 Å². The number of rotatable bonds is 7. The first-order chi connectivity index (χ1) is 11.7. The molecule has 0 aliphatic heterocycles. The van der Waals surface area contributed by atoms with Gasteiger partial charge < -0.3 is 14.5 Å². The molecule has 0 atom stereocenters. The third-order valence-electron chi connectivity index (χ3n) is 3.52. The van der Waals surface area contributed by atoms with Gasteiger partial charge in [0.1, 0.15) is 23.9 Å². The monoisotopic (exact) mass is 389 g/mol. The third kappa shape index (κ3) is 4.69. The van der Waals surface area contributed by atoms with Crippen molar-refractivity contribution in [2.75, 3.05) is 0 Å². The van der Waals surface area contributed by atoms with Crippen molar-refractivity contribution < 1.29 is 13.5 Å². The van der Waals surface area contributed by atoms with Crippen molar-refractivity contribution in [3.05, 3.63) is 88.0 Å². The molecule has 0 unspecified atom stereocenters. The van der Waals surface area contributed by atoms with Crippen molar-refractivity contribution in [2.24, 2.45) is 0 Å². The summed E-state index contributed by atoms with van der Waals surface area (Å²) in [7, 11) is 0. The summed E-state index contributed by atoms with van der Waals surface area (Å²) < 4.78 is 25.2. The van der Waals surface area contributed by atoms with Crippen LogP contribution < -0.4 is 10.1 Å². The van der Waals surface area contributed by atoms with Crippen LogP contribution in [-0.2, 0) is 19.7 Å². The van der Waals surface area contributed by atoms with Gasteiger partial charge >= 0.3 is 0 Å². The molecule has 24 heavy (non-hydrogen) atoms. The van der Waals surface area contributed by atoms with Crippen LogP contribution in [0.1, 0.15) is 16.9 Å². The molecular weight excluding hydrogens is 373 g/mol. The normalized spacial score (nSPS) is 10.8. The lowest BCUT2D eigenvalue weighted by Crippen LogP contribution is -2.13. The SMILES string of the molecule is Fc1ccc(COc2ccc(Br)cc2CNCc2ccco2)cc1. The second-order valence-electron chi connectivity index (χ2n) is 5.35. The quantitative estimate of drug-likeness (QED) is 0.613. The third-order valence-corrected chi connectivity index (χ3v) is 4.02. The zero-order valence-electron chi connectivity index (χ0n) is 13.0. The number of benzene rings is 2. The van der Waals surface area contributed by atoms with Crippen LogP contribution in [0.3, 0.4) is 0 Å². The Kier molecular flexibility index (Phi) is 5.67. The second-order valence-corrected chi connectivity index (χ2v) is 6.27. The Hall–Kier alpha value is -2.11. The van der Waals surface area contributed by atoms with E-state index in [2.05, 4.69) is 21.2 Å². The molecule has 0 saturated heterocycles. The highest BCUT2D eigenvalue weighted by molar-refractivity contribution is 9.10. The van der Waals surface area contributed by atoms with Crippen LogP contribution in [0.25, 0.3) is 0 Å². The highest BCUT2D eigenvalue weighted by Crippen LogP contribution is 2.24. The van der Waals surface area contributed by atoms with E-state index in [0.29, 0.717) is 19.7 Å². The van der Waals surface area contributed by atoms with Gasteiger partial charge in [0.25, 0.3) is 0 Å². The fourth-order valence-corrected chi connectivity index (χ4v) is 2.71. The molecule has 3 nitrogen and oxygen atoms in total. The number of halogens is 2. The minimum Gasteiger partial charge on any atom is -0.489 e. The van der Waals surface area contributed by atoms with Gasteiger partial charge in [0, 0.05) is 16.6 Å². The molecule has 0 spiro atoms. The maximum Gasteiger partial charge on any atom is 0.124 e. The van der Waals surface area contributed by atoms with Crippen LogP contribution in [-0.4, -0.2) is 0 Å². The van der Waals surface area contributed by atoms with Crippen LogP contribution in [0.15, 0.2) is 69.8 Å². The van der Waals surface area contributed by atoms with Crippen molar-refractivity contribution in [1.82, 2.24) is 5.32 Å². The van der Waals surface area contributed by atoms with Crippen LogP contribution >= 0.6 is 15.9 Å². The molecule has 0 aliphatic rings. The summed E-state index contributed by atoms with van der Waals surface area (Å²) in [6.45, 7) is 1.70. The number of nitrogens with one attached hydrogen (secondary N) is 1. The number of furan rings is 1. The molecule has 124 valence electrons. The Balaban J connectivity index is 1.62. The maximum atomic E-state index is 13.0. The molecule has 3 rings (SSSR count). The fraction of sp³-hybridized carbons (Fsp3) is 0.158. The summed E-state index contributed by atoms with van der Waals surface area (Å²) in [6, 6.07) is 16.0. The topological polar surface area (TPSA) is 34.4 Å². The molecule has 5 heteroatoms. The largest absolute Gasteiger partial charge is 0.489 e. The van der Waals surface area contributed by atoms with Gasteiger partial charge in [0.2, 0.25) is 0 Å². The number of hydrogen-bond acceptors (Lipinski definition) is 3. The summed E-state index contributed by atoms with van der Waals surface area (Å²) in [5, 5.41) is 3.33. The standard InChI is InChI=1S/C19H17BrFNO2/c20-16-5-8-19(24-13-14-3-6-17(21)7-4-14)15(10-16)11-22-12-18-2-1-9-23-18/h1-10,22H,11-13H2. The Morgan fingerprint density at radius 2 is 1.88 bits per heavy atom. The number of hydrogen-bond donors (Lipinski definition) is 1. The first kappa shape index (κ1) is 16.7. The predicted octanol–water partition coefficient (Wildman–Crippen LogP) is 5.05. The van der Waals surface area contributed by atoms with Gasteiger partial charge in [-0.05, 0) is 48.0 Å². The Morgan fingerprint density at radius 1 is 1.04 bits per heavy atom. The Morgan fingerprint density at radius 3 is 2.62 bits per heavy atom. The zero-order valence-corrected chi connectivity index (χ0v) is 14.6. The van der Waals surface area contributed by atoms with Gasteiger partial charge in [0.15, 0.2) is 0 Å². The van der Waals surface area contributed by atoms with Gasteiger partial charge in [-0.25, -0.2) is 4.39 Å². The van der Waals surface area contributed by atoms with Crippen LogP contribution in [0.5, 0.6) is 5.75 Å². The highest BCUT2D eigenvalue weighted by atomic mass is 79.9. The van der Waals surface area contributed by atoms with E-state index in [9.17, 15) is 4.39 Å². The molecule has 1 N–H and O–H groups in total. The summed E-state index contributed by atoms with van der Waals surface area (Å²) in [4.78, 5) is 0. The molecule has 0 amide bonds. The first-order valence-corrected chi connectivity index (χ1v) is 8.39. The van der Waals surface area contributed by atoms with E-state index < -0.39 is 0 Å². The van der Waals surface area contributed by atoms with E-state index in [1.54, 1.807) is 18.4 Å². The van der Waals surface area contributed by atoms with E-state index in [1.165, 1.54) is 12.1 Å². The van der Waals surface area contributed by atoms with E-state index in [1.807, 2.05) is 30.3 Å². The predicted molar refractivity (Wildman–Crippen MR) is 94.1 cm³/mol. The van der Waals surface area contributed by atoms with Crippen LogP contribution in [0.2, 0.25) is 0 Å². The molecule has 0 saturated carbocycles. The van der Waals surface area contributed by atoms with E-state index >= 15 is 0 Å². The fourth-order valence-electron chi connectivity index (χ4n) is 2.30. The van der Waals surface area contributed by atoms with Crippen molar-refractivity contribution in [3.8, 4) is 5.75 Å². The van der Waals surface area contributed by atoms with Crippen LogP contribution in [0, 0.1) is 5.82 Å². The average molecular weight is 390 g/mol. The maximum absolute atomic E-state index is 13.0. The lowest BCUT2D eigenvalue weighted by molar-refractivity contribution is 0.301. The minimum absolute atomic E-state index is 0.245. The molecule has 3 aromatic rings. The average Bonchev–Trinajstić information content (AvgIpc) is 3.09. The zero-order chi connectivity index (χ0) is 16.8. The van der Waals surface area contributed by atoms with Crippen molar-refractivity contribution in [3.63, 3.8) is 0 Å². The minimum atomic E-state index is -0.245. The summed E-state index contributed by atoms with van der Waals surface area (Å²) in [6.07, 6.45) is 1.66. The molecule has 0 radical (unpaired) electrons. The molecule has 1 heterocycles. The molecule has 0 bridgehead atoms. The van der Waals surface area contributed by atoms with E-state index in [4.69, 9.17) is 9.15 Å². The molecular formula is C19H17BrFNO2. The van der Waals surface area contributed by atoms with E-state index in [-0.39, 0.29) is 5.82 Å². The van der Waals surface area contributed by atoms with Gasteiger partial charge in [-0.1, -0.05) is 28.1 Å². The van der Waals surface area contributed by atoms with Crippen molar-refractivity contribution >= 4 is 15.9 Å². The van der Waals surface area contributed by atoms with Gasteiger partial charge in [0.05, 0.1) is 12.8 Å². The highest BCUT2D eigenvalue weighted by Gasteiger charge is 2.06. The lowest BCUT2D eigenvalue weighted by atomic mass is 10.2. The van der Waals surface area contributed by atoms with E-state index in [0.717, 1.165) is 27.1 Å². The van der Waals surface area contributed by atoms with Gasteiger partial charge in [-0.15, -0.1) is 0 Å². The summed E-state index contributed by atoms with van der Waals surface area (Å²) in [5.41, 5.74) is 1.96. The summed E-state index contributed by atoms with van der Waals surface area (Å²) >= 11 is 3.49. The van der Waals surface area contributed by atoms with Crippen LogP contribution in [0.4, 0.5) is 4.39 Å². The number of ether oxygens (including phenoxy) is 1.